The smallest absolute Gasteiger partial charge is 0.243 e. The summed E-state index contributed by atoms with van der Waals surface area (Å²) in [5.74, 6) is -0.261. The minimum absolute atomic E-state index is 0.0101. The number of fused-ring (bicyclic) bond motifs is 1. The third-order valence-corrected chi connectivity index (χ3v) is 3.22. The second-order valence-corrected chi connectivity index (χ2v) is 4.49. The fraction of sp³-hybridized carbons (Fsp3) is 0.429. The van der Waals surface area contributed by atoms with Crippen molar-refractivity contribution in [3.8, 4) is 0 Å². The van der Waals surface area contributed by atoms with Crippen molar-refractivity contribution in [2.45, 2.75) is 32.1 Å². The largest absolute Gasteiger partial charge is 0.294 e. The summed E-state index contributed by atoms with van der Waals surface area (Å²) in [6, 6.07) is 5.87. The minimum atomic E-state index is -0.271. The van der Waals surface area contributed by atoms with Crippen LogP contribution in [0.15, 0.2) is 18.2 Å². The van der Waals surface area contributed by atoms with Gasteiger partial charge in [0.15, 0.2) is 5.78 Å². The van der Waals surface area contributed by atoms with Gasteiger partial charge in [-0.15, -0.1) is 0 Å². The maximum absolute atomic E-state index is 11.9. The van der Waals surface area contributed by atoms with Crippen LogP contribution in [0.2, 0.25) is 0 Å². The average Bonchev–Trinajstić information content (AvgIpc) is 2.83. The number of carbonyl (C=O) groups excluding carboxylic acids is 2. The number of carbonyl (C=O) groups is 2. The lowest BCUT2D eigenvalue weighted by Crippen LogP contribution is -2.22. The Morgan fingerprint density at radius 1 is 1.22 bits per heavy atom. The number of hydrogen-bond donors (Lipinski definition) is 1. The van der Waals surface area contributed by atoms with Crippen molar-refractivity contribution in [1.29, 1.82) is 0 Å². The van der Waals surface area contributed by atoms with Crippen LogP contribution in [0.4, 0.5) is 0 Å². The normalized spacial score (nSPS) is 13.2. The van der Waals surface area contributed by atoms with E-state index in [2.05, 4.69) is 10.3 Å². The van der Waals surface area contributed by atoms with Crippen molar-refractivity contribution in [2.24, 2.45) is 0 Å². The number of aryl methyl sites for hydroxylation is 2. The van der Waals surface area contributed by atoms with E-state index in [9.17, 15) is 9.59 Å². The molecular weight excluding hydrogens is 230 g/mol. The van der Waals surface area contributed by atoms with E-state index in [1.165, 1.54) is 24.7 Å². The predicted octanol–water partition coefficient (Wildman–Crippen LogP) is 1.82. The number of amides is 1. The van der Waals surface area contributed by atoms with Gasteiger partial charge in [-0.05, 0) is 36.5 Å². The van der Waals surface area contributed by atoms with E-state index in [4.69, 9.17) is 0 Å². The monoisotopic (exact) mass is 247 g/mol. The molecule has 0 fully saturated rings. The highest BCUT2D eigenvalue weighted by molar-refractivity contribution is 5.98. The predicted molar refractivity (Wildman–Crippen MR) is 67.2 cm³/mol. The lowest BCUT2D eigenvalue weighted by Gasteiger charge is -2.04. The van der Waals surface area contributed by atoms with Crippen LogP contribution in [0.3, 0.4) is 0 Å². The van der Waals surface area contributed by atoms with E-state index < -0.39 is 0 Å². The van der Waals surface area contributed by atoms with Crippen LogP contribution in [0.1, 0.15) is 40.7 Å². The molecule has 1 N–H and O–H groups in total. The maximum Gasteiger partial charge on any atom is 0.243 e. The zero-order chi connectivity index (χ0) is 13.0. The molecule has 2 rings (SSSR count). The molecule has 0 heterocycles. The summed E-state index contributed by atoms with van der Waals surface area (Å²) in [5.41, 5.74) is 5.54. The molecular formula is C14H17NO3. The zero-order valence-corrected chi connectivity index (χ0v) is 10.5. The molecule has 1 aliphatic carbocycles. The van der Waals surface area contributed by atoms with Gasteiger partial charge in [0.05, 0.1) is 7.11 Å². The van der Waals surface area contributed by atoms with Crippen molar-refractivity contribution in [3.05, 3.63) is 34.9 Å². The Hall–Kier alpha value is -1.68. The highest BCUT2D eigenvalue weighted by Crippen LogP contribution is 2.23. The molecule has 0 spiro atoms. The van der Waals surface area contributed by atoms with Gasteiger partial charge >= 0.3 is 0 Å². The van der Waals surface area contributed by atoms with Crippen LogP contribution in [0, 0.1) is 0 Å². The number of nitrogens with one attached hydrogen (secondary N) is 1. The Morgan fingerprint density at radius 2 is 2.00 bits per heavy atom. The van der Waals surface area contributed by atoms with Gasteiger partial charge in [0.25, 0.3) is 0 Å². The molecule has 0 bridgehead atoms. The van der Waals surface area contributed by atoms with Gasteiger partial charge in [-0.2, -0.15) is 0 Å². The van der Waals surface area contributed by atoms with Gasteiger partial charge in [-0.3, -0.25) is 14.4 Å². The zero-order valence-electron chi connectivity index (χ0n) is 10.5. The topological polar surface area (TPSA) is 55.4 Å². The first-order valence-corrected chi connectivity index (χ1v) is 6.17. The van der Waals surface area contributed by atoms with E-state index in [0.29, 0.717) is 5.56 Å². The van der Waals surface area contributed by atoms with Crippen molar-refractivity contribution in [3.63, 3.8) is 0 Å². The van der Waals surface area contributed by atoms with Gasteiger partial charge in [0.1, 0.15) is 0 Å². The van der Waals surface area contributed by atoms with E-state index in [1.54, 1.807) is 0 Å². The quantitative estimate of drug-likeness (QED) is 0.637. The molecule has 4 heteroatoms. The van der Waals surface area contributed by atoms with Crippen molar-refractivity contribution < 1.29 is 14.4 Å². The number of hydrogen-bond acceptors (Lipinski definition) is 3. The van der Waals surface area contributed by atoms with E-state index in [-0.39, 0.29) is 24.5 Å². The van der Waals surface area contributed by atoms with Gasteiger partial charge in [-0.1, -0.05) is 12.1 Å². The Morgan fingerprint density at radius 3 is 2.78 bits per heavy atom. The molecule has 0 saturated carbocycles. The van der Waals surface area contributed by atoms with E-state index >= 15 is 0 Å². The lowest BCUT2D eigenvalue weighted by molar-refractivity contribution is -0.131. The third kappa shape index (κ3) is 2.96. The molecule has 0 atom stereocenters. The highest BCUT2D eigenvalue weighted by Gasteiger charge is 2.14. The molecule has 1 amide bonds. The van der Waals surface area contributed by atoms with Gasteiger partial charge in [-0.25, -0.2) is 5.48 Å². The Balaban J connectivity index is 1.95. The van der Waals surface area contributed by atoms with Crippen LogP contribution < -0.4 is 5.48 Å². The fourth-order valence-corrected chi connectivity index (χ4v) is 2.28. The summed E-state index contributed by atoms with van der Waals surface area (Å²) in [6.07, 6.45) is 3.71. The second kappa shape index (κ2) is 5.78. The summed E-state index contributed by atoms with van der Waals surface area (Å²) in [7, 11) is 1.38. The van der Waals surface area contributed by atoms with Crippen LogP contribution in [-0.2, 0) is 22.5 Å². The molecule has 0 aliphatic heterocycles. The van der Waals surface area contributed by atoms with Crippen molar-refractivity contribution in [1.82, 2.24) is 5.48 Å². The molecule has 1 aliphatic rings. The van der Waals surface area contributed by atoms with Crippen LogP contribution in [0.5, 0.6) is 0 Å². The molecule has 0 saturated heterocycles. The number of rotatable bonds is 5. The number of ketones is 1. The number of Topliss-reactive ketones (excluding diaryl/α,β-unsaturated/α-hetero) is 1. The summed E-state index contributed by atoms with van der Waals surface area (Å²) >= 11 is 0. The fourth-order valence-electron chi connectivity index (χ4n) is 2.28. The summed E-state index contributed by atoms with van der Waals surface area (Å²) in [4.78, 5) is 27.6. The molecule has 18 heavy (non-hydrogen) atoms. The van der Waals surface area contributed by atoms with Gasteiger partial charge in [0, 0.05) is 18.4 Å². The van der Waals surface area contributed by atoms with E-state index in [0.717, 1.165) is 12.8 Å². The third-order valence-electron chi connectivity index (χ3n) is 3.22. The molecule has 1 aromatic rings. The molecule has 0 unspecified atom stereocenters. The first-order valence-electron chi connectivity index (χ1n) is 6.17. The lowest BCUT2D eigenvalue weighted by atomic mass is 10.0. The SMILES string of the molecule is CONC(=O)CCC(=O)c1ccc2c(c1)CCC2. The Labute approximate surface area is 106 Å². The highest BCUT2D eigenvalue weighted by atomic mass is 16.6. The van der Waals surface area contributed by atoms with Crippen LogP contribution in [0.25, 0.3) is 0 Å². The average molecular weight is 247 g/mol. The maximum atomic E-state index is 11.9. The Bertz CT molecular complexity index is 468. The standard InChI is InChI=1S/C14H17NO3/c1-18-15-14(17)8-7-13(16)12-6-5-10-3-2-4-11(10)9-12/h5-6,9H,2-4,7-8H2,1H3,(H,15,17). The summed E-state index contributed by atoms with van der Waals surface area (Å²) in [5, 5.41) is 0. The van der Waals surface area contributed by atoms with E-state index in [1.807, 2.05) is 18.2 Å². The van der Waals surface area contributed by atoms with Gasteiger partial charge < -0.3 is 0 Å². The Kier molecular flexibility index (Phi) is 4.10. The van der Waals surface area contributed by atoms with Crippen LogP contribution in [-0.4, -0.2) is 18.8 Å². The molecule has 1 aromatic carbocycles. The summed E-state index contributed by atoms with van der Waals surface area (Å²) in [6.45, 7) is 0. The molecule has 4 nitrogen and oxygen atoms in total. The summed E-state index contributed by atoms with van der Waals surface area (Å²) < 4.78 is 0. The second-order valence-electron chi connectivity index (χ2n) is 4.49. The van der Waals surface area contributed by atoms with Crippen molar-refractivity contribution >= 4 is 11.7 Å². The van der Waals surface area contributed by atoms with Crippen molar-refractivity contribution in [2.75, 3.05) is 7.11 Å². The minimum Gasteiger partial charge on any atom is -0.294 e. The van der Waals surface area contributed by atoms with Crippen LogP contribution >= 0.6 is 0 Å². The first kappa shape index (κ1) is 12.8. The number of benzene rings is 1. The molecule has 0 radical (unpaired) electrons. The number of hydroxylamine groups is 1. The molecule has 96 valence electrons. The van der Waals surface area contributed by atoms with Gasteiger partial charge in [0.2, 0.25) is 5.91 Å². The first-order chi connectivity index (χ1) is 8.70. The molecule has 0 aromatic heterocycles.